The summed E-state index contributed by atoms with van der Waals surface area (Å²) in [6.07, 6.45) is 4.97. The predicted octanol–water partition coefficient (Wildman–Crippen LogP) is 1.57. The number of aromatic carboxylic acids is 1. The third kappa shape index (κ3) is 2.23. The normalized spacial score (nSPS) is 9.14. The van der Waals surface area contributed by atoms with Crippen molar-refractivity contribution in [2.45, 2.75) is 0 Å². The first-order chi connectivity index (χ1) is 6.65. The molecule has 0 saturated heterocycles. The quantitative estimate of drug-likeness (QED) is 0.716. The Morgan fingerprint density at radius 3 is 2.93 bits per heavy atom. The molecular weight excluding hydrogens is 185 g/mol. The number of anilines is 1. The number of hydrogen-bond acceptors (Lipinski definition) is 2. The number of terminal acetylenes is 1. The number of carboxylic acids is 1. The van der Waals surface area contributed by atoms with Gasteiger partial charge in [-0.1, -0.05) is 5.92 Å². The largest absolute Gasteiger partial charge is 0.478 e. The molecule has 0 aromatic heterocycles. The van der Waals surface area contributed by atoms with Gasteiger partial charge in [0.15, 0.2) is 0 Å². The lowest BCUT2D eigenvalue weighted by atomic mass is 10.2. The van der Waals surface area contributed by atoms with Crippen molar-refractivity contribution in [3.63, 3.8) is 0 Å². The third-order valence-electron chi connectivity index (χ3n) is 1.59. The molecule has 1 aromatic carbocycles. The first kappa shape index (κ1) is 10.1. The summed E-state index contributed by atoms with van der Waals surface area (Å²) < 4.78 is 13.0. The molecule has 0 bridgehead atoms. The van der Waals surface area contributed by atoms with Crippen molar-refractivity contribution in [1.82, 2.24) is 0 Å². The molecular formula is C10H8FNO2. The molecule has 0 aliphatic rings. The van der Waals surface area contributed by atoms with Gasteiger partial charge in [-0.2, -0.15) is 0 Å². The zero-order valence-electron chi connectivity index (χ0n) is 7.25. The number of carboxylic acid groups (broad SMARTS) is 1. The van der Waals surface area contributed by atoms with Gasteiger partial charge in [0.05, 0.1) is 17.8 Å². The molecule has 2 N–H and O–H groups in total. The molecule has 0 aliphatic heterocycles. The molecule has 0 heterocycles. The molecule has 0 radical (unpaired) electrons. The summed E-state index contributed by atoms with van der Waals surface area (Å²) in [5, 5.41) is 11.2. The second-order valence-electron chi connectivity index (χ2n) is 2.56. The maximum atomic E-state index is 13.0. The van der Waals surface area contributed by atoms with Gasteiger partial charge in [0.25, 0.3) is 0 Å². The fourth-order valence-corrected chi connectivity index (χ4v) is 0.940. The Labute approximate surface area is 80.6 Å². The van der Waals surface area contributed by atoms with Crippen LogP contribution < -0.4 is 5.32 Å². The number of nitrogens with one attached hydrogen (secondary N) is 1. The molecule has 0 aliphatic carbocycles. The van der Waals surface area contributed by atoms with Crippen molar-refractivity contribution in [1.29, 1.82) is 0 Å². The molecule has 4 heteroatoms. The van der Waals surface area contributed by atoms with Gasteiger partial charge >= 0.3 is 5.97 Å². The second kappa shape index (κ2) is 4.28. The molecule has 0 saturated carbocycles. The lowest BCUT2D eigenvalue weighted by Gasteiger charge is -2.04. The minimum absolute atomic E-state index is 0.0194. The van der Waals surface area contributed by atoms with Crippen LogP contribution in [0, 0.1) is 18.2 Å². The van der Waals surface area contributed by atoms with Crippen molar-refractivity contribution < 1.29 is 14.3 Å². The van der Waals surface area contributed by atoms with Crippen molar-refractivity contribution in [2.75, 3.05) is 11.9 Å². The summed E-state index contributed by atoms with van der Waals surface area (Å²) in [7, 11) is 0. The summed E-state index contributed by atoms with van der Waals surface area (Å²) in [5.74, 6) is 0.641. The molecule has 3 nitrogen and oxygen atoms in total. The molecule has 0 amide bonds. The van der Waals surface area contributed by atoms with E-state index in [1.807, 2.05) is 0 Å². The Morgan fingerprint density at radius 1 is 1.64 bits per heavy atom. The molecule has 0 unspecified atom stereocenters. The number of halogens is 1. The van der Waals surface area contributed by atoms with Crippen molar-refractivity contribution in [3.8, 4) is 12.3 Å². The molecule has 1 aromatic rings. The average Bonchev–Trinajstić information content (AvgIpc) is 2.16. The van der Waals surface area contributed by atoms with E-state index in [1.165, 1.54) is 12.1 Å². The highest BCUT2D eigenvalue weighted by atomic mass is 19.1. The van der Waals surface area contributed by atoms with Crippen LogP contribution in [-0.4, -0.2) is 17.6 Å². The number of hydrogen-bond donors (Lipinski definition) is 2. The summed E-state index contributed by atoms with van der Waals surface area (Å²) >= 11 is 0. The van der Waals surface area contributed by atoms with E-state index in [0.717, 1.165) is 6.07 Å². The van der Waals surface area contributed by atoms with Crippen LogP contribution >= 0.6 is 0 Å². The Bertz CT molecular complexity index is 396. The van der Waals surface area contributed by atoms with E-state index in [2.05, 4.69) is 11.2 Å². The highest BCUT2D eigenvalue weighted by molar-refractivity contribution is 5.88. The fraction of sp³-hybridized carbons (Fsp3) is 0.100. The van der Waals surface area contributed by atoms with Crippen LogP contribution in [0.5, 0.6) is 0 Å². The van der Waals surface area contributed by atoms with E-state index in [9.17, 15) is 9.18 Å². The van der Waals surface area contributed by atoms with Crippen molar-refractivity contribution >= 4 is 11.7 Å². The van der Waals surface area contributed by atoms with Gasteiger partial charge in [-0.05, 0) is 18.2 Å². The van der Waals surface area contributed by atoms with Crippen LogP contribution in [0.3, 0.4) is 0 Å². The minimum atomic E-state index is -1.10. The van der Waals surface area contributed by atoms with E-state index in [4.69, 9.17) is 11.5 Å². The standard InChI is InChI=1S/C10H8FNO2/c1-2-5-12-9-6-7(10(13)14)3-4-8(9)11/h1,3-4,6,12H,5H2,(H,13,14). The van der Waals surface area contributed by atoms with E-state index < -0.39 is 11.8 Å². The van der Waals surface area contributed by atoms with E-state index >= 15 is 0 Å². The van der Waals surface area contributed by atoms with Crippen LogP contribution in [0.2, 0.25) is 0 Å². The van der Waals surface area contributed by atoms with Gasteiger partial charge in [0, 0.05) is 0 Å². The lowest BCUT2D eigenvalue weighted by Crippen LogP contribution is -2.03. The Kier molecular flexibility index (Phi) is 3.08. The number of rotatable bonds is 3. The average molecular weight is 193 g/mol. The topological polar surface area (TPSA) is 49.3 Å². The van der Waals surface area contributed by atoms with Crippen LogP contribution in [0.1, 0.15) is 10.4 Å². The number of carbonyl (C=O) groups is 1. The monoisotopic (exact) mass is 193 g/mol. The van der Waals surface area contributed by atoms with Crippen molar-refractivity contribution in [2.24, 2.45) is 0 Å². The van der Waals surface area contributed by atoms with Gasteiger partial charge < -0.3 is 10.4 Å². The van der Waals surface area contributed by atoms with E-state index in [1.54, 1.807) is 0 Å². The molecule has 72 valence electrons. The van der Waals surface area contributed by atoms with Crippen LogP contribution in [0.4, 0.5) is 10.1 Å². The van der Waals surface area contributed by atoms with Gasteiger partial charge in [0.1, 0.15) is 5.82 Å². The highest BCUT2D eigenvalue weighted by Crippen LogP contribution is 2.15. The van der Waals surface area contributed by atoms with Gasteiger partial charge in [-0.3, -0.25) is 0 Å². The second-order valence-corrected chi connectivity index (χ2v) is 2.56. The first-order valence-electron chi connectivity index (χ1n) is 3.85. The molecule has 14 heavy (non-hydrogen) atoms. The minimum Gasteiger partial charge on any atom is -0.478 e. The lowest BCUT2D eigenvalue weighted by molar-refractivity contribution is 0.0697. The maximum absolute atomic E-state index is 13.0. The SMILES string of the molecule is C#CCNc1cc(C(=O)O)ccc1F. The summed E-state index contributed by atoms with van der Waals surface area (Å²) in [6, 6.07) is 3.48. The Morgan fingerprint density at radius 2 is 2.36 bits per heavy atom. The van der Waals surface area contributed by atoms with Crippen LogP contribution in [0.25, 0.3) is 0 Å². The maximum Gasteiger partial charge on any atom is 0.335 e. The van der Waals surface area contributed by atoms with Gasteiger partial charge in [-0.15, -0.1) is 6.42 Å². The Balaban J connectivity index is 2.97. The van der Waals surface area contributed by atoms with E-state index in [-0.39, 0.29) is 17.8 Å². The number of benzene rings is 1. The zero-order chi connectivity index (χ0) is 10.6. The molecule has 0 spiro atoms. The smallest absolute Gasteiger partial charge is 0.335 e. The molecule has 1 rings (SSSR count). The fourth-order valence-electron chi connectivity index (χ4n) is 0.940. The predicted molar refractivity (Wildman–Crippen MR) is 50.7 cm³/mol. The summed E-state index contributed by atoms with van der Waals surface area (Å²) in [5.41, 5.74) is 0.119. The zero-order valence-corrected chi connectivity index (χ0v) is 7.25. The van der Waals surface area contributed by atoms with E-state index in [0.29, 0.717) is 0 Å². The van der Waals surface area contributed by atoms with Crippen LogP contribution in [-0.2, 0) is 0 Å². The summed E-state index contributed by atoms with van der Waals surface area (Å²) in [4.78, 5) is 10.5. The third-order valence-corrected chi connectivity index (χ3v) is 1.59. The van der Waals surface area contributed by atoms with Crippen molar-refractivity contribution in [3.05, 3.63) is 29.6 Å². The first-order valence-corrected chi connectivity index (χ1v) is 3.85. The highest BCUT2D eigenvalue weighted by Gasteiger charge is 2.07. The molecule has 0 atom stereocenters. The molecule has 0 fully saturated rings. The van der Waals surface area contributed by atoms with Gasteiger partial charge in [0.2, 0.25) is 0 Å². The summed E-state index contributed by atoms with van der Waals surface area (Å²) in [6.45, 7) is 0.153. The van der Waals surface area contributed by atoms with Gasteiger partial charge in [-0.25, -0.2) is 9.18 Å². The Hall–Kier alpha value is -2.02. The van der Waals surface area contributed by atoms with Crippen LogP contribution in [0.15, 0.2) is 18.2 Å².